The van der Waals surface area contributed by atoms with Gasteiger partial charge in [0, 0.05) is 6.42 Å². The molecule has 84 valence electrons. The molecule has 1 N–H and O–H groups in total. The average Bonchev–Trinajstić information content (AvgIpc) is 2.13. The lowest BCUT2D eigenvalue weighted by Gasteiger charge is -2.09. The van der Waals surface area contributed by atoms with E-state index in [0.717, 1.165) is 25.7 Å². The van der Waals surface area contributed by atoms with Crippen LogP contribution in [-0.4, -0.2) is 17.0 Å². The molecule has 2 nitrogen and oxygen atoms in total. The zero-order valence-corrected chi connectivity index (χ0v) is 9.75. The summed E-state index contributed by atoms with van der Waals surface area (Å²) in [5, 5.41) is 9.46. The van der Waals surface area contributed by atoms with Crippen molar-refractivity contribution in [1.82, 2.24) is 0 Å². The van der Waals surface area contributed by atoms with Crippen LogP contribution in [0, 0.1) is 5.92 Å². The van der Waals surface area contributed by atoms with Gasteiger partial charge in [-0.05, 0) is 18.8 Å². The first kappa shape index (κ1) is 13.6. The van der Waals surface area contributed by atoms with E-state index in [9.17, 15) is 9.90 Å². The Labute approximate surface area is 87.7 Å². The van der Waals surface area contributed by atoms with E-state index < -0.39 is 6.10 Å². The largest absolute Gasteiger partial charge is 0.385 e. The van der Waals surface area contributed by atoms with Gasteiger partial charge in [-0.1, -0.05) is 40.0 Å². The maximum absolute atomic E-state index is 11.4. The molecule has 1 unspecified atom stereocenters. The summed E-state index contributed by atoms with van der Waals surface area (Å²) in [6, 6.07) is 0. The molecule has 0 aromatic rings. The van der Waals surface area contributed by atoms with Crippen LogP contribution in [0.25, 0.3) is 0 Å². The van der Waals surface area contributed by atoms with Crippen molar-refractivity contribution in [1.29, 1.82) is 0 Å². The summed E-state index contributed by atoms with van der Waals surface area (Å²) in [5.41, 5.74) is 0. The van der Waals surface area contributed by atoms with Crippen molar-refractivity contribution >= 4 is 5.78 Å². The second kappa shape index (κ2) is 7.98. The molecule has 2 heteroatoms. The highest BCUT2D eigenvalue weighted by Crippen LogP contribution is 2.10. The van der Waals surface area contributed by atoms with Crippen LogP contribution in [0.3, 0.4) is 0 Å². The third-order valence-corrected chi connectivity index (χ3v) is 2.41. The summed E-state index contributed by atoms with van der Waals surface area (Å²) < 4.78 is 0. The van der Waals surface area contributed by atoms with E-state index in [1.165, 1.54) is 0 Å². The SMILES string of the molecule is CCCCC(O)C(=O)CCCC(C)C. The monoisotopic (exact) mass is 200 g/mol. The number of unbranched alkanes of at least 4 members (excludes halogenated alkanes) is 1. The summed E-state index contributed by atoms with van der Waals surface area (Å²) in [7, 11) is 0. The number of ketones is 1. The highest BCUT2D eigenvalue weighted by Gasteiger charge is 2.13. The van der Waals surface area contributed by atoms with E-state index in [1.54, 1.807) is 0 Å². The number of Topliss-reactive ketones (excluding diaryl/α,β-unsaturated/α-hetero) is 1. The molecule has 0 rings (SSSR count). The van der Waals surface area contributed by atoms with Crippen LogP contribution in [0.2, 0.25) is 0 Å². The van der Waals surface area contributed by atoms with E-state index in [2.05, 4.69) is 20.8 Å². The van der Waals surface area contributed by atoms with Crippen LogP contribution in [0.4, 0.5) is 0 Å². The normalized spacial score (nSPS) is 13.2. The Balaban J connectivity index is 3.52. The lowest BCUT2D eigenvalue weighted by molar-refractivity contribution is -0.127. The topological polar surface area (TPSA) is 37.3 Å². The number of aliphatic hydroxyl groups is 1. The summed E-state index contributed by atoms with van der Waals surface area (Å²) in [5.74, 6) is 0.676. The van der Waals surface area contributed by atoms with Gasteiger partial charge in [0.2, 0.25) is 0 Å². The van der Waals surface area contributed by atoms with Crippen LogP contribution in [0.15, 0.2) is 0 Å². The van der Waals surface area contributed by atoms with Crippen LogP contribution in [0.1, 0.15) is 59.3 Å². The van der Waals surface area contributed by atoms with E-state index >= 15 is 0 Å². The third-order valence-electron chi connectivity index (χ3n) is 2.41. The van der Waals surface area contributed by atoms with Gasteiger partial charge < -0.3 is 5.11 Å². The highest BCUT2D eigenvalue weighted by molar-refractivity contribution is 5.82. The van der Waals surface area contributed by atoms with Gasteiger partial charge in [-0.3, -0.25) is 4.79 Å². The smallest absolute Gasteiger partial charge is 0.161 e. The molecular weight excluding hydrogens is 176 g/mol. The Morgan fingerprint density at radius 1 is 1.21 bits per heavy atom. The Hall–Kier alpha value is -0.370. The number of aliphatic hydroxyl groups excluding tert-OH is 1. The van der Waals surface area contributed by atoms with Crippen molar-refractivity contribution in [2.45, 2.75) is 65.4 Å². The van der Waals surface area contributed by atoms with Gasteiger partial charge >= 0.3 is 0 Å². The Morgan fingerprint density at radius 3 is 2.36 bits per heavy atom. The molecule has 0 radical (unpaired) electrons. The van der Waals surface area contributed by atoms with Gasteiger partial charge in [0.15, 0.2) is 5.78 Å². The zero-order chi connectivity index (χ0) is 11.0. The second-order valence-electron chi connectivity index (χ2n) is 4.41. The van der Waals surface area contributed by atoms with Crippen LogP contribution < -0.4 is 0 Å². The lowest BCUT2D eigenvalue weighted by atomic mass is 10.0. The molecule has 14 heavy (non-hydrogen) atoms. The van der Waals surface area contributed by atoms with Crippen molar-refractivity contribution in [3.63, 3.8) is 0 Å². The maximum Gasteiger partial charge on any atom is 0.161 e. The molecule has 0 amide bonds. The predicted molar refractivity (Wildman–Crippen MR) is 59.2 cm³/mol. The maximum atomic E-state index is 11.4. The van der Waals surface area contributed by atoms with Crippen molar-refractivity contribution in [3.8, 4) is 0 Å². The Kier molecular flexibility index (Phi) is 7.77. The molecule has 0 saturated heterocycles. The molecule has 0 aromatic heterocycles. The van der Waals surface area contributed by atoms with Gasteiger partial charge in [-0.15, -0.1) is 0 Å². The first-order valence-electron chi connectivity index (χ1n) is 5.78. The fraction of sp³-hybridized carbons (Fsp3) is 0.917. The molecule has 0 saturated carbocycles. The Morgan fingerprint density at radius 2 is 1.86 bits per heavy atom. The summed E-state index contributed by atoms with van der Waals surface area (Å²) >= 11 is 0. The second-order valence-corrected chi connectivity index (χ2v) is 4.41. The van der Waals surface area contributed by atoms with Gasteiger partial charge in [-0.25, -0.2) is 0 Å². The molecule has 0 aliphatic rings. The molecule has 0 spiro atoms. The number of hydrogen-bond donors (Lipinski definition) is 1. The zero-order valence-electron chi connectivity index (χ0n) is 9.75. The van der Waals surface area contributed by atoms with Crippen LogP contribution in [-0.2, 0) is 4.79 Å². The fourth-order valence-electron chi connectivity index (χ4n) is 1.41. The molecule has 0 aromatic carbocycles. The van der Waals surface area contributed by atoms with Crippen molar-refractivity contribution in [2.24, 2.45) is 5.92 Å². The third kappa shape index (κ3) is 7.07. The molecule has 0 aliphatic carbocycles. The Bertz CT molecular complexity index is 152. The standard InChI is InChI=1S/C12H24O2/c1-4-5-8-11(13)12(14)9-6-7-10(2)3/h10-11,13H,4-9H2,1-3H3. The number of hydrogen-bond acceptors (Lipinski definition) is 2. The summed E-state index contributed by atoms with van der Waals surface area (Å²) in [4.78, 5) is 11.4. The molecule has 0 fully saturated rings. The van der Waals surface area contributed by atoms with Crippen molar-refractivity contribution < 1.29 is 9.90 Å². The molecule has 0 heterocycles. The molecular formula is C12H24O2. The summed E-state index contributed by atoms with van der Waals surface area (Å²) in [6.07, 6.45) is 4.45. The lowest BCUT2D eigenvalue weighted by Crippen LogP contribution is -2.19. The van der Waals surface area contributed by atoms with Gasteiger partial charge in [0.25, 0.3) is 0 Å². The highest BCUT2D eigenvalue weighted by atomic mass is 16.3. The molecule has 0 bridgehead atoms. The van der Waals surface area contributed by atoms with Crippen LogP contribution >= 0.6 is 0 Å². The minimum absolute atomic E-state index is 0.0269. The van der Waals surface area contributed by atoms with Gasteiger partial charge in [0.1, 0.15) is 6.10 Å². The molecule has 1 atom stereocenters. The number of carbonyl (C=O) groups is 1. The van der Waals surface area contributed by atoms with Crippen molar-refractivity contribution in [3.05, 3.63) is 0 Å². The fourth-order valence-corrected chi connectivity index (χ4v) is 1.41. The van der Waals surface area contributed by atoms with Crippen molar-refractivity contribution in [2.75, 3.05) is 0 Å². The quantitative estimate of drug-likeness (QED) is 0.654. The molecule has 0 aliphatic heterocycles. The predicted octanol–water partition coefficient (Wildman–Crippen LogP) is 2.93. The van der Waals surface area contributed by atoms with E-state index in [4.69, 9.17) is 0 Å². The van der Waals surface area contributed by atoms with Gasteiger partial charge in [-0.2, -0.15) is 0 Å². The van der Waals surface area contributed by atoms with Crippen LogP contribution in [0.5, 0.6) is 0 Å². The minimum atomic E-state index is -0.706. The summed E-state index contributed by atoms with van der Waals surface area (Å²) in [6.45, 7) is 6.37. The van der Waals surface area contributed by atoms with E-state index in [-0.39, 0.29) is 5.78 Å². The van der Waals surface area contributed by atoms with Gasteiger partial charge in [0.05, 0.1) is 0 Å². The van der Waals surface area contributed by atoms with E-state index in [0.29, 0.717) is 18.8 Å². The minimum Gasteiger partial charge on any atom is -0.385 e. The number of rotatable bonds is 8. The number of carbonyl (C=O) groups excluding carboxylic acids is 1. The van der Waals surface area contributed by atoms with E-state index in [1.807, 2.05) is 0 Å². The average molecular weight is 200 g/mol. The first-order valence-corrected chi connectivity index (χ1v) is 5.78. The first-order chi connectivity index (χ1) is 6.57.